The van der Waals surface area contributed by atoms with Crippen LogP contribution in [0.1, 0.15) is 23.4 Å². The fraction of sp³-hybridized carbons (Fsp3) is 0.222. The van der Waals surface area contributed by atoms with E-state index in [4.69, 9.17) is 0 Å². The van der Waals surface area contributed by atoms with Crippen LogP contribution in [0.3, 0.4) is 0 Å². The van der Waals surface area contributed by atoms with Gasteiger partial charge >= 0.3 is 0 Å². The molecule has 1 N–H and O–H groups in total. The van der Waals surface area contributed by atoms with Crippen LogP contribution in [0.4, 0.5) is 5.69 Å². The Bertz CT molecular complexity index is 870. The highest BCUT2D eigenvalue weighted by molar-refractivity contribution is 9.10. The smallest absolute Gasteiger partial charge is 0.224 e. The zero-order valence-electron chi connectivity index (χ0n) is 13.1. The summed E-state index contributed by atoms with van der Waals surface area (Å²) in [5.41, 5.74) is 4.92. The Labute approximate surface area is 143 Å². The van der Waals surface area contributed by atoms with Crippen molar-refractivity contribution in [2.24, 2.45) is 0 Å². The monoisotopic (exact) mass is 371 g/mol. The summed E-state index contributed by atoms with van der Waals surface area (Å²) in [4.78, 5) is 16.8. The molecule has 3 aromatic rings. The maximum Gasteiger partial charge on any atom is 0.224 e. The van der Waals surface area contributed by atoms with E-state index in [9.17, 15) is 4.79 Å². The minimum absolute atomic E-state index is 0.000154. The first-order chi connectivity index (χ1) is 11.0. The Balaban J connectivity index is 1.70. The van der Waals surface area contributed by atoms with Crippen LogP contribution in [0.2, 0.25) is 0 Å². The van der Waals surface area contributed by atoms with E-state index in [-0.39, 0.29) is 5.91 Å². The number of hydrogen-bond acceptors (Lipinski definition) is 2. The number of carbonyl (C=O) groups is 1. The molecule has 1 aromatic carbocycles. The molecule has 0 unspecified atom stereocenters. The van der Waals surface area contributed by atoms with E-state index in [0.29, 0.717) is 12.8 Å². The number of rotatable bonds is 4. The zero-order valence-corrected chi connectivity index (χ0v) is 14.7. The molecule has 0 aliphatic carbocycles. The molecule has 23 heavy (non-hydrogen) atoms. The van der Waals surface area contributed by atoms with Gasteiger partial charge in [0.2, 0.25) is 5.91 Å². The van der Waals surface area contributed by atoms with Gasteiger partial charge in [-0.1, -0.05) is 12.1 Å². The highest BCUT2D eigenvalue weighted by Crippen LogP contribution is 2.23. The molecule has 0 fully saturated rings. The molecule has 5 heteroatoms. The van der Waals surface area contributed by atoms with Crippen molar-refractivity contribution in [3.63, 3.8) is 0 Å². The van der Waals surface area contributed by atoms with E-state index in [1.54, 1.807) is 0 Å². The number of anilines is 1. The van der Waals surface area contributed by atoms with Gasteiger partial charge < -0.3 is 9.72 Å². The third-order valence-electron chi connectivity index (χ3n) is 3.82. The number of pyridine rings is 1. The van der Waals surface area contributed by atoms with Crippen LogP contribution >= 0.6 is 15.9 Å². The number of fused-ring (bicyclic) bond motifs is 1. The molecule has 0 atom stereocenters. The number of amides is 1. The lowest BCUT2D eigenvalue weighted by Crippen LogP contribution is -2.13. The number of nitrogens with one attached hydrogen (secondary N) is 1. The third-order valence-corrected chi connectivity index (χ3v) is 4.47. The van der Waals surface area contributed by atoms with E-state index in [1.807, 2.05) is 60.8 Å². The minimum atomic E-state index is -0.000154. The van der Waals surface area contributed by atoms with Crippen molar-refractivity contribution in [2.75, 3.05) is 5.32 Å². The van der Waals surface area contributed by atoms with Gasteiger partial charge in [0.15, 0.2) is 0 Å². The highest BCUT2D eigenvalue weighted by Gasteiger charge is 2.11. The quantitative estimate of drug-likeness (QED) is 0.743. The van der Waals surface area contributed by atoms with Crippen molar-refractivity contribution in [3.05, 3.63) is 64.0 Å². The maximum atomic E-state index is 12.2. The number of benzene rings is 1. The molecule has 118 valence electrons. The van der Waals surface area contributed by atoms with Gasteiger partial charge in [0.1, 0.15) is 5.65 Å². The van der Waals surface area contributed by atoms with Gasteiger partial charge in [0.25, 0.3) is 0 Å². The van der Waals surface area contributed by atoms with Crippen molar-refractivity contribution < 1.29 is 4.79 Å². The van der Waals surface area contributed by atoms with Crippen LogP contribution in [-0.2, 0) is 11.2 Å². The number of hydrogen-bond donors (Lipinski definition) is 1. The lowest BCUT2D eigenvalue weighted by molar-refractivity contribution is -0.116. The molecule has 0 aliphatic heterocycles. The van der Waals surface area contributed by atoms with Crippen molar-refractivity contribution in [3.8, 4) is 0 Å². The predicted octanol–water partition coefficient (Wildman–Crippen LogP) is 4.28. The van der Waals surface area contributed by atoms with Crippen LogP contribution in [0.15, 0.2) is 47.1 Å². The molecule has 1 amide bonds. The zero-order chi connectivity index (χ0) is 16.4. The molecule has 0 bridgehead atoms. The fourth-order valence-corrected chi connectivity index (χ4v) is 3.22. The number of imidazole rings is 1. The van der Waals surface area contributed by atoms with Crippen LogP contribution in [0, 0.1) is 13.8 Å². The largest absolute Gasteiger partial charge is 0.325 e. The number of halogens is 1. The summed E-state index contributed by atoms with van der Waals surface area (Å²) < 4.78 is 2.95. The Morgan fingerprint density at radius 1 is 1.26 bits per heavy atom. The minimum Gasteiger partial charge on any atom is -0.325 e. The Morgan fingerprint density at radius 3 is 2.87 bits per heavy atom. The Kier molecular flexibility index (Phi) is 4.48. The van der Waals surface area contributed by atoms with Gasteiger partial charge in [-0.25, -0.2) is 4.98 Å². The molecular weight excluding hydrogens is 354 g/mol. The summed E-state index contributed by atoms with van der Waals surface area (Å²) in [5, 5.41) is 2.95. The van der Waals surface area contributed by atoms with Gasteiger partial charge in [-0.15, -0.1) is 0 Å². The van der Waals surface area contributed by atoms with Crippen molar-refractivity contribution >= 4 is 33.2 Å². The SMILES string of the molecule is Cc1ccc(NC(=O)CCc2c(C)nc3ccccn23)c(Br)c1. The molecule has 0 spiro atoms. The molecular formula is C18H18BrN3O. The number of carbonyl (C=O) groups excluding carboxylic acids is 1. The van der Waals surface area contributed by atoms with Crippen molar-refractivity contribution in [1.29, 1.82) is 0 Å². The van der Waals surface area contributed by atoms with Crippen LogP contribution < -0.4 is 5.32 Å². The van der Waals surface area contributed by atoms with Gasteiger partial charge in [-0.2, -0.15) is 0 Å². The molecule has 2 heterocycles. The van der Waals surface area contributed by atoms with Crippen molar-refractivity contribution in [2.45, 2.75) is 26.7 Å². The Hall–Kier alpha value is -2.14. The van der Waals surface area contributed by atoms with Gasteiger partial charge in [0.05, 0.1) is 11.4 Å². The molecule has 0 saturated carbocycles. The lowest BCUT2D eigenvalue weighted by atomic mass is 10.2. The number of aromatic nitrogens is 2. The third kappa shape index (κ3) is 3.45. The molecule has 4 nitrogen and oxygen atoms in total. The Morgan fingerprint density at radius 2 is 2.09 bits per heavy atom. The summed E-state index contributed by atoms with van der Waals surface area (Å²) in [6, 6.07) is 11.8. The molecule has 0 saturated heterocycles. The van der Waals surface area contributed by atoms with Crippen LogP contribution in [0.25, 0.3) is 5.65 Å². The number of nitrogens with zero attached hydrogens (tertiary/aromatic N) is 2. The second-order valence-corrected chi connectivity index (χ2v) is 6.46. The first kappa shape index (κ1) is 15.7. The summed E-state index contributed by atoms with van der Waals surface area (Å²) in [5.74, 6) is -0.000154. The lowest BCUT2D eigenvalue weighted by Gasteiger charge is -2.08. The van der Waals surface area contributed by atoms with E-state index in [1.165, 1.54) is 0 Å². The first-order valence-electron chi connectivity index (χ1n) is 7.53. The summed E-state index contributed by atoms with van der Waals surface area (Å²) in [7, 11) is 0. The molecule has 3 rings (SSSR count). The summed E-state index contributed by atoms with van der Waals surface area (Å²) in [6.07, 6.45) is 3.06. The van der Waals surface area contributed by atoms with Crippen LogP contribution in [0.5, 0.6) is 0 Å². The molecule has 0 aliphatic rings. The normalized spacial score (nSPS) is 10.9. The first-order valence-corrected chi connectivity index (χ1v) is 8.32. The molecule has 2 aromatic heterocycles. The topological polar surface area (TPSA) is 46.4 Å². The summed E-state index contributed by atoms with van der Waals surface area (Å²) >= 11 is 3.48. The van der Waals surface area contributed by atoms with E-state index in [0.717, 1.165) is 32.8 Å². The van der Waals surface area contributed by atoms with Crippen LogP contribution in [-0.4, -0.2) is 15.3 Å². The maximum absolute atomic E-state index is 12.2. The van der Waals surface area contributed by atoms with Gasteiger partial charge in [-0.3, -0.25) is 4.79 Å². The standard InChI is InChI=1S/C18H18BrN3O/c1-12-6-7-15(14(19)11-12)21-18(23)9-8-16-13(2)20-17-5-3-4-10-22(16)17/h3-7,10-11H,8-9H2,1-2H3,(H,21,23). The highest BCUT2D eigenvalue weighted by atomic mass is 79.9. The summed E-state index contributed by atoms with van der Waals surface area (Å²) in [6.45, 7) is 4.00. The predicted molar refractivity (Wildman–Crippen MR) is 95.8 cm³/mol. The second-order valence-electron chi connectivity index (χ2n) is 5.60. The van der Waals surface area contributed by atoms with Crippen molar-refractivity contribution in [1.82, 2.24) is 9.38 Å². The molecule has 0 radical (unpaired) electrons. The average Bonchev–Trinajstić information content (AvgIpc) is 2.83. The van der Waals surface area contributed by atoms with Gasteiger partial charge in [0, 0.05) is 22.8 Å². The average molecular weight is 372 g/mol. The van der Waals surface area contributed by atoms with E-state index < -0.39 is 0 Å². The van der Waals surface area contributed by atoms with Gasteiger partial charge in [-0.05, 0) is 66.0 Å². The fourth-order valence-electron chi connectivity index (χ4n) is 2.63. The second kappa shape index (κ2) is 6.54. The van der Waals surface area contributed by atoms with E-state index >= 15 is 0 Å². The number of aryl methyl sites for hydroxylation is 3. The van der Waals surface area contributed by atoms with E-state index in [2.05, 4.69) is 26.2 Å².